The van der Waals surface area contributed by atoms with Crippen LogP contribution in [0.15, 0.2) is 30.3 Å². The van der Waals surface area contributed by atoms with Gasteiger partial charge in [-0.25, -0.2) is 9.18 Å². The molecule has 0 unspecified atom stereocenters. The molecule has 0 fully saturated rings. The van der Waals surface area contributed by atoms with E-state index in [2.05, 4.69) is 5.32 Å². The number of fused-ring (bicyclic) bond motifs is 1. The zero-order valence-corrected chi connectivity index (χ0v) is 16.1. The second-order valence-corrected chi connectivity index (χ2v) is 7.67. The lowest BCUT2D eigenvalue weighted by Gasteiger charge is -2.16. The van der Waals surface area contributed by atoms with E-state index >= 15 is 0 Å². The van der Waals surface area contributed by atoms with Crippen molar-refractivity contribution in [3.63, 3.8) is 0 Å². The van der Waals surface area contributed by atoms with Crippen LogP contribution in [0.3, 0.4) is 0 Å². The third-order valence-corrected chi connectivity index (χ3v) is 4.24. The van der Waals surface area contributed by atoms with Crippen LogP contribution in [0.5, 0.6) is 17.2 Å². The Kier molecular flexibility index (Phi) is 5.02. The monoisotopic (exact) mass is 387 g/mol. The van der Waals surface area contributed by atoms with E-state index in [1.54, 1.807) is 13.8 Å². The minimum atomic E-state index is -1.12. The van der Waals surface area contributed by atoms with E-state index in [0.717, 1.165) is 11.6 Å². The number of carboxylic acid groups (broad SMARTS) is 1. The van der Waals surface area contributed by atoms with Crippen LogP contribution in [-0.4, -0.2) is 28.6 Å². The summed E-state index contributed by atoms with van der Waals surface area (Å²) in [5.74, 6) is -1.46. The third kappa shape index (κ3) is 4.08. The Morgan fingerprint density at radius 2 is 1.96 bits per heavy atom. The molecule has 148 valence electrons. The predicted molar refractivity (Wildman–Crippen MR) is 101 cm³/mol. The van der Waals surface area contributed by atoms with Crippen LogP contribution in [0.4, 0.5) is 4.39 Å². The maximum Gasteiger partial charge on any atom is 0.335 e. The molecule has 0 spiro atoms. The Bertz CT molecular complexity index is 952. The van der Waals surface area contributed by atoms with Crippen LogP contribution in [0.2, 0.25) is 0 Å². The van der Waals surface area contributed by atoms with E-state index in [0.29, 0.717) is 17.9 Å². The van der Waals surface area contributed by atoms with E-state index in [9.17, 15) is 19.1 Å². The molecule has 3 rings (SSSR count). The van der Waals surface area contributed by atoms with Crippen molar-refractivity contribution in [3.05, 3.63) is 52.8 Å². The molecule has 2 aromatic carbocycles. The number of benzene rings is 2. The fraction of sp³-hybridized carbons (Fsp3) is 0.333. The van der Waals surface area contributed by atoms with Crippen LogP contribution in [0.1, 0.15) is 54.0 Å². The Balaban J connectivity index is 1.93. The lowest BCUT2D eigenvalue weighted by molar-refractivity contribution is 0.0694. The summed E-state index contributed by atoms with van der Waals surface area (Å²) in [7, 11) is 0. The average molecular weight is 387 g/mol. The lowest BCUT2D eigenvalue weighted by atomic mass is 10.00. The van der Waals surface area contributed by atoms with Crippen molar-refractivity contribution < 1.29 is 28.6 Å². The van der Waals surface area contributed by atoms with Gasteiger partial charge >= 0.3 is 5.97 Å². The molecule has 0 radical (unpaired) electrons. The minimum Gasteiger partial charge on any atom is -0.487 e. The first-order valence-electron chi connectivity index (χ1n) is 8.93. The highest BCUT2D eigenvalue weighted by Crippen LogP contribution is 2.43. The van der Waals surface area contributed by atoms with Gasteiger partial charge in [0.25, 0.3) is 5.91 Å². The number of hydrogen-bond donors (Lipinski definition) is 2. The predicted octanol–water partition coefficient (Wildman–Crippen LogP) is 4.17. The molecule has 6 nitrogen and oxygen atoms in total. The Morgan fingerprint density at radius 1 is 1.25 bits per heavy atom. The molecule has 1 aliphatic heterocycles. The summed E-state index contributed by atoms with van der Waals surface area (Å²) < 4.78 is 26.0. The largest absolute Gasteiger partial charge is 0.487 e. The van der Waals surface area contributed by atoms with E-state index in [1.807, 2.05) is 13.8 Å². The lowest BCUT2D eigenvalue weighted by Crippen LogP contribution is -2.30. The molecule has 0 atom stereocenters. The Hall–Kier alpha value is -3.09. The number of aromatic carboxylic acids is 1. The molecule has 2 aromatic rings. The summed E-state index contributed by atoms with van der Waals surface area (Å²) in [5.41, 5.74) is 0.147. The van der Waals surface area contributed by atoms with Gasteiger partial charge < -0.3 is 19.9 Å². The van der Waals surface area contributed by atoms with Gasteiger partial charge in [0.2, 0.25) is 0 Å². The number of nitrogens with one attached hydrogen (secondary N) is 1. The fourth-order valence-electron chi connectivity index (χ4n) is 3.07. The number of carboxylic acids is 1. The highest BCUT2D eigenvalue weighted by molar-refractivity contribution is 5.94. The van der Waals surface area contributed by atoms with Crippen LogP contribution in [-0.2, 0) is 6.42 Å². The molecular weight excluding hydrogens is 365 g/mol. The molecule has 0 saturated carbocycles. The summed E-state index contributed by atoms with van der Waals surface area (Å²) in [4.78, 5) is 23.4. The molecule has 0 bridgehead atoms. The second kappa shape index (κ2) is 7.14. The molecule has 0 saturated heterocycles. The maximum absolute atomic E-state index is 14.4. The number of carbonyl (C=O) groups excluding carboxylic acids is 1. The summed E-state index contributed by atoms with van der Waals surface area (Å²) in [6.45, 7) is 7.34. The van der Waals surface area contributed by atoms with Crippen LogP contribution >= 0.6 is 0 Å². The first kappa shape index (κ1) is 19.7. The Morgan fingerprint density at radius 3 is 2.57 bits per heavy atom. The summed E-state index contributed by atoms with van der Waals surface area (Å²) >= 11 is 0. The number of ether oxygens (including phenoxy) is 2. The standard InChI is InChI=1S/C21H22FNO5/c1-11(2)23-19(24)14-6-5-13(9-16(14)22)27-17-7-12(20(25)26)8-18-15(17)10-21(3,4)28-18/h5-9,11H,10H2,1-4H3,(H,23,24)(H,25,26). The molecule has 1 heterocycles. The van der Waals surface area contributed by atoms with Crippen molar-refractivity contribution in [2.45, 2.75) is 45.8 Å². The van der Waals surface area contributed by atoms with Gasteiger partial charge in [-0.2, -0.15) is 0 Å². The second-order valence-electron chi connectivity index (χ2n) is 7.67. The van der Waals surface area contributed by atoms with Gasteiger partial charge in [0, 0.05) is 24.1 Å². The third-order valence-electron chi connectivity index (χ3n) is 4.24. The van der Waals surface area contributed by atoms with Crippen LogP contribution < -0.4 is 14.8 Å². The Labute approximate surface area is 162 Å². The van der Waals surface area contributed by atoms with E-state index < -0.39 is 23.3 Å². The average Bonchev–Trinajstić information content (AvgIpc) is 2.88. The number of amides is 1. The van der Waals surface area contributed by atoms with E-state index in [4.69, 9.17) is 9.47 Å². The molecule has 2 N–H and O–H groups in total. The van der Waals surface area contributed by atoms with Crippen molar-refractivity contribution in [3.8, 4) is 17.2 Å². The molecule has 0 aliphatic carbocycles. The summed E-state index contributed by atoms with van der Waals surface area (Å²) in [6.07, 6.45) is 0.523. The molecule has 28 heavy (non-hydrogen) atoms. The van der Waals surface area contributed by atoms with Crippen molar-refractivity contribution in [1.82, 2.24) is 5.32 Å². The number of carbonyl (C=O) groups is 2. The van der Waals surface area contributed by atoms with Gasteiger partial charge in [-0.3, -0.25) is 4.79 Å². The molecule has 1 amide bonds. The minimum absolute atomic E-state index is 0.0138. The van der Waals surface area contributed by atoms with Crippen molar-refractivity contribution in [2.24, 2.45) is 0 Å². The topological polar surface area (TPSA) is 84.9 Å². The first-order valence-corrected chi connectivity index (χ1v) is 8.93. The molecular formula is C21H22FNO5. The highest BCUT2D eigenvalue weighted by atomic mass is 19.1. The van der Waals surface area contributed by atoms with Gasteiger partial charge in [-0.1, -0.05) is 0 Å². The summed E-state index contributed by atoms with van der Waals surface area (Å²) in [6, 6.07) is 6.65. The van der Waals surface area contributed by atoms with Crippen molar-refractivity contribution >= 4 is 11.9 Å². The van der Waals surface area contributed by atoms with E-state index in [-0.39, 0.29) is 22.9 Å². The van der Waals surface area contributed by atoms with Gasteiger partial charge in [0.1, 0.15) is 28.7 Å². The van der Waals surface area contributed by atoms with Crippen LogP contribution in [0, 0.1) is 5.82 Å². The van der Waals surface area contributed by atoms with Crippen molar-refractivity contribution in [2.75, 3.05) is 0 Å². The molecule has 1 aliphatic rings. The number of hydrogen-bond acceptors (Lipinski definition) is 4. The first-order chi connectivity index (χ1) is 13.1. The van der Waals surface area contributed by atoms with E-state index in [1.165, 1.54) is 24.3 Å². The quantitative estimate of drug-likeness (QED) is 0.804. The van der Waals surface area contributed by atoms with Crippen molar-refractivity contribution in [1.29, 1.82) is 0 Å². The number of rotatable bonds is 5. The smallest absolute Gasteiger partial charge is 0.335 e. The fourth-order valence-corrected chi connectivity index (χ4v) is 3.07. The van der Waals surface area contributed by atoms with Crippen LogP contribution in [0.25, 0.3) is 0 Å². The zero-order valence-electron chi connectivity index (χ0n) is 16.1. The maximum atomic E-state index is 14.4. The zero-order chi connectivity index (χ0) is 20.6. The SMILES string of the molecule is CC(C)NC(=O)c1ccc(Oc2cc(C(=O)O)cc3c2CC(C)(C)O3)cc1F. The van der Waals surface area contributed by atoms with Gasteiger partial charge in [0.05, 0.1) is 11.1 Å². The molecule has 0 aromatic heterocycles. The normalized spacial score (nSPS) is 14.4. The van der Waals surface area contributed by atoms with Gasteiger partial charge in [0.15, 0.2) is 0 Å². The van der Waals surface area contributed by atoms with Gasteiger partial charge in [-0.05, 0) is 52.0 Å². The molecule has 7 heteroatoms. The van der Waals surface area contributed by atoms with Gasteiger partial charge in [-0.15, -0.1) is 0 Å². The summed E-state index contributed by atoms with van der Waals surface area (Å²) in [5, 5.41) is 12.0. The highest BCUT2D eigenvalue weighted by Gasteiger charge is 2.34. The number of halogens is 1.